The first-order chi connectivity index (χ1) is 19.4. The quantitative estimate of drug-likeness (QED) is 0.376. The van der Waals surface area contributed by atoms with E-state index in [1.165, 1.54) is 38.3 Å². The fourth-order valence-corrected chi connectivity index (χ4v) is 10.7. The third-order valence-electron chi connectivity index (χ3n) is 12.1. The van der Waals surface area contributed by atoms with E-state index in [2.05, 4.69) is 17.1 Å². The lowest BCUT2D eigenvalue weighted by atomic mass is 9.44. The predicted octanol–water partition coefficient (Wildman–Crippen LogP) is 4.08. The van der Waals surface area contributed by atoms with Crippen LogP contribution in [0.2, 0.25) is 0 Å². The summed E-state index contributed by atoms with van der Waals surface area (Å²) < 4.78 is 21.1. The van der Waals surface area contributed by atoms with Gasteiger partial charge in [-0.3, -0.25) is 14.4 Å². The highest BCUT2D eigenvalue weighted by molar-refractivity contribution is 7.80. The summed E-state index contributed by atoms with van der Waals surface area (Å²) in [5, 5.41) is 16.1. The van der Waals surface area contributed by atoms with Crippen molar-refractivity contribution in [2.24, 2.45) is 39.9 Å². The molecular formula is C32H43FN2O5S. The van der Waals surface area contributed by atoms with Crippen LogP contribution in [0.5, 0.6) is 0 Å². The number of nitrogens with zero attached hydrogens (tertiary/aromatic N) is 1. The lowest BCUT2D eigenvalue weighted by Crippen LogP contribution is -2.62. The number of ether oxygens (including phenoxy) is 1. The summed E-state index contributed by atoms with van der Waals surface area (Å²) in [6, 6.07) is 0.340. The van der Waals surface area contributed by atoms with E-state index >= 15 is 4.39 Å². The van der Waals surface area contributed by atoms with Crippen LogP contribution in [0.1, 0.15) is 72.1 Å². The summed E-state index contributed by atoms with van der Waals surface area (Å²) >= 11 is 5.90. The molecule has 6 aliphatic rings. The summed E-state index contributed by atoms with van der Waals surface area (Å²) in [5.74, 6) is -1.28. The average Bonchev–Trinajstić information content (AvgIpc) is 3.42. The van der Waals surface area contributed by atoms with E-state index in [-0.39, 0.29) is 48.3 Å². The number of esters is 1. The van der Waals surface area contributed by atoms with Gasteiger partial charge in [0.05, 0.1) is 11.5 Å². The van der Waals surface area contributed by atoms with Gasteiger partial charge in [0.25, 0.3) is 0 Å². The maximum absolute atomic E-state index is 15.9. The monoisotopic (exact) mass is 586 g/mol. The number of carbonyl (C=O) groups is 3. The van der Waals surface area contributed by atoms with Gasteiger partial charge in [-0.1, -0.05) is 39.2 Å². The minimum Gasteiger partial charge on any atom is -0.458 e. The summed E-state index contributed by atoms with van der Waals surface area (Å²) in [4.78, 5) is 40.3. The number of hydrogen-bond acceptors (Lipinski definition) is 6. The number of halogens is 1. The largest absolute Gasteiger partial charge is 0.458 e. The summed E-state index contributed by atoms with van der Waals surface area (Å²) in [6.45, 7) is 6.06. The highest BCUT2D eigenvalue weighted by Crippen LogP contribution is 2.72. The van der Waals surface area contributed by atoms with Crippen molar-refractivity contribution in [2.45, 2.75) is 90.5 Å². The van der Waals surface area contributed by atoms with Crippen molar-refractivity contribution < 1.29 is 28.6 Å². The Bertz CT molecular complexity index is 1210. The molecule has 1 saturated heterocycles. The number of rotatable bonds is 4. The number of carbonyl (C=O) groups excluding carboxylic acids is 3. The molecule has 0 aromatic heterocycles. The highest BCUT2D eigenvalue weighted by atomic mass is 32.1. The Hall–Kier alpha value is -2.13. The molecule has 0 aromatic carbocycles. The second-order valence-electron chi connectivity index (χ2n) is 14.1. The van der Waals surface area contributed by atoms with E-state index < -0.39 is 34.5 Å². The number of likely N-dealkylation sites (tertiary alicyclic amines) is 1. The number of Topliss-reactive ketones (excluding diaryl/α,β-unsaturated/α-hetero) is 1. The topological polar surface area (TPSA) is 95.9 Å². The minimum absolute atomic E-state index is 0.00635. The summed E-state index contributed by atoms with van der Waals surface area (Å²) in [6.07, 6.45) is 9.80. The van der Waals surface area contributed by atoms with Gasteiger partial charge in [-0.2, -0.15) is 0 Å². The fourth-order valence-electron chi connectivity index (χ4n) is 10.4. The molecule has 224 valence electrons. The molecule has 0 aromatic rings. The van der Waals surface area contributed by atoms with Crippen molar-refractivity contribution >= 4 is 34.9 Å². The van der Waals surface area contributed by atoms with Crippen molar-refractivity contribution in [1.29, 1.82) is 0 Å². The van der Waals surface area contributed by atoms with Crippen LogP contribution < -0.4 is 5.32 Å². The SMILES string of the molecule is CC(=O)OCC(=O)C12CN(C(=S)NC3CCCCC3)CC1CC1C3CC(F)C4=CC(=O)C=CC4(C)C3C(O)CC12C. The number of thiocarbonyl (C=S) groups is 1. The van der Waals surface area contributed by atoms with E-state index in [4.69, 9.17) is 17.0 Å². The third-order valence-corrected chi connectivity index (χ3v) is 12.5. The Kier molecular flexibility index (Phi) is 7.24. The Balaban J connectivity index is 1.34. The molecule has 0 spiro atoms. The zero-order chi connectivity index (χ0) is 29.3. The maximum Gasteiger partial charge on any atom is 0.303 e. The Labute approximate surface area is 247 Å². The molecule has 0 bridgehead atoms. The number of alkyl halides is 1. The van der Waals surface area contributed by atoms with Crippen LogP contribution >= 0.6 is 12.2 Å². The molecule has 5 fully saturated rings. The van der Waals surface area contributed by atoms with Gasteiger partial charge in [0.2, 0.25) is 0 Å². The van der Waals surface area contributed by atoms with E-state index in [1.807, 2.05) is 6.92 Å². The van der Waals surface area contributed by atoms with E-state index in [9.17, 15) is 19.5 Å². The molecule has 1 aliphatic heterocycles. The van der Waals surface area contributed by atoms with E-state index in [0.717, 1.165) is 19.3 Å². The highest BCUT2D eigenvalue weighted by Gasteiger charge is 2.74. The van der Waals surface area contributed by atoms with Gasteiger partial charge in [-0.05, 0) is 85.2 Å². The zero-order valence-corrected chi connectivity index (χ0v) is 25.2. The Morgan fingerprint density at radius 3 is 2.66 bits per heavy atom. The lowest BCUT2D eigenvalue weighted by molar-refractivity contribution is -0.165. The van der Waals surface area contributed by atoms with Crippen molar-refractivity contribution in [2.75, 3.05) is 19.7 Å². The molecule has 0 amide bonds. The number of allylic oxidation sites excluding steroid dienone is 4. The van der Waals surface area contributed by atoms with Crippen LogP contribution in [0.15, 0.2) is 23.8 Å². The standard InChI is InChI=1S/C32H43FN2O5S/c1-18(36)40-16-27(39)32-17-35(29(41)34-20-7-5-4-6-8-20)15-19(32)11-23-22-13-25(33)24-12-21(37)9-10-30(24,2)28(22)26(38)14-31(23,32)3/h9-10,12,19-20,22-23,25-26,28,38H,4-8,11,13-17H2,1-3H3,(H,34,41). The number of ketones is 2. The van der Waals surface area contributed by atoms with Crippen molar-refractivity contribution in [3.05, 3.63) is 23.8 Å². The lowest BCUT2D eigenvalue weighted by Gasteiger charge is -2.60. The second-order valence-corrected chi connectivity index (χ2v) is 14.5. The van der Waals surface area contributed by atoms with Crippen molar-refractivity contribution in [3.63, 3.8) is 0 Å². The van der Waals surface area contributed by atoms with Gasteiger partial charge in [0.15, 0.2) is 23.3 Å². The Morgan fingerprint density at radius 1 is 1.22 bits per heavy atom. The van der Waals surface area contributed by atoms with Crippen molar-refractivity contribution in [1.82, 2.24) is 10.2 Å². The molecule has 7 nitrogen and oxygen atoms in total. The van der Waals surface area contributed by atoms with Gasteiger partial charge in [-0.25, -0.2) is 4.39 Å². The van der Waals surface area contributed by atoms with Crippen LogP contribution in [-0.2, 0) is 19.1 Å². The smallest absolute Gasteiger partial charge is 0.303 e. The van der Waals surface area contributed by atoms with Crippen LogP contribution in [0, 0.1) is 39.9 Å². The molecular weight excluding hydrogens is 543 g/mol. The van der Waals surface area contributed by atoms with Crippen LogP contribution in [0.25, 0.3) is 0 Å². The molecule has 6 rings (SSSR count). The minimum atomic E-state index is -1.28. The average molecular weight is 587 g/mol. The molecule has 9 heteroatoms. The number of fused-ring (bicyclic) bond motifs is 7. The van der Waals surface area contributed by atoms with E-state index in [1.54, 1.807) is 6.08 Å². The number of hydrogen-bond donors (Lipinski definition) is 2. The summed E-state index contributed by atoms with van der Waals surface area (Å²) in [5.41, 5.74) is -1.78. The van der Waals surface area contributed by atoms with Gasteiger partial charge in [0, 0.05) is 37.4 Å². The molecule has 9 atom stereocenters. The number of aliphatic hydroxyl groups is 1. The first-order valence-electron chi connectivity index (χ1n) is 15.4. The summed E-state index contributed by atoms with van der Waals surface area (Å²) in [7, 11) is 0. The van der Waals surface area contributed by atoms with Gasteiger partial charge < -0.3 is 20.1 Å². The molecule has 4 saturated carbocycles. The van der Waals surface area contributed by atoms with Crippen LogP contribution in [0.3, 0.4) is 0 Å². The molecule has 9 unspecified atom stereocenters. The van der Waals surface area contributed by atoms with Gasteiger partial charge in [0.1, 0.15) is 6.17 Å². The Morgan fingerprint density at radius 2 is 1.95 bits per heavy atom. The number of aliphatic hydroxyl groups excluding tert-OH is 1. The molecule has 1 heterocycles. The fraction of sp³-hybridized carbons (Fsp3) is 0.750. The third kappa shape index (κ3) is 4.35. The predicted molar refractivity (Wildman–Crippen MR) is 155 cm³/mol. The molecule has 2 N–H and O–H groups in total. The van der Waals surface area contributed by atoms with Gasteiger partial charge >= 0.3 is 5.97 Å². The molecule has 5 aliphatic carbocycles. The van der Waals surface area contributed by atoms with Crippen molar-refractivity contribution in [3.8, 4) is 0 Å². The van der Waals surface area contributed by atoms with Crippen LogP contribution in [-0.4, -0.2) is 70.7 Å². The van der Waals surface area contributed by atoms with Gasteiger partial charge in [-0.15, -0.1) is 0 Å². The maximum atomic E-state index is 15.9. The molecule has 41 heavy (non-hydrogen) atoms. The first kappa shape index (κ1) is 29.0. The molecule has 0 radical (unpaired) electrons. The van der Waals surface area contributed by atoms with Crippen LogP contribution in [0.4, 0.5) is 4.39 Å². The zero-order valence-electron chi connectivity index (χ0n) is 24.4. The normalized spacial score (nSPS) is 43.4. The van der Waals surface area contributed by atoms with E-state index in [0.29, 0.717) is 36.2 Å². The first-order valence-corrected chi connectivity index (χ1v) is 15.8. The number of nitrogens with one attached hydrogen (secondary N) is 1. The second kappa shape index (κ2) is 10.2.